The third kappa shape index (κ3) is 4.70. The lowest BCUT2D eigenvalue weighted by Gasteiger charge is -2.07. The maximum absolute atomic E-state index is 12.6. The van der Waals surface area contributed by atoms with Crippen LogP contribution in [0.5, 0.6) is 0 Å². The molecule has 0 aliphatic heterocycles. The van der Waals surface area contributed by atoms with Crippen molar-refractivity contribution in [2.45, 2.75) is 11.3 Å². The SMILES string of the molecule is CCOC(=O)c1c(-c2cccs2)csc1NC(=O)CSc1nc2cc(Cl)ccc2s1. The van der Waals surface area contributed by atoms with Gasteiger partial charge in [-0.3, -0.25) is 4.79 Å². The number of fused-ring (bicyclic) bond motifs is 1. The highest BCUT2D eigenvalue weighted by Crippen LogP contribution is 2.38. The number of rotatable bonds is 7. The minimum Gasteiger partial charge on any atom is -0.462 e. The lowest BCUT2D eigenvalue weighted by molar-refractivity contribution is -0.113. The zero-order chi connectivity index (χ0) is 21.1. The zero-order valence-electron chi connectivity index (χ0n) is 15.6. The first-order valence-electron chi connectivity index (χ1n) is 8.86. The molecule has 5 nitrogen and oxygen atoms in total. The topological polar surface area (TPSA) is 68.3 Å². The Kier molecular flexibility index (Phi) is 6.74. The van der Waals surface area contributed by atoms with E-state index < -0.39 is 5.97 Å². The molecule has 0 saturated heterocycles. The van der Waals surface area contributed by atoms with Crippen LogP contribution in [0.2, 0.25) is 5.02 Å². The first kappa shape index (κ1) is 21.3. The third-order valence-corrected chi connectivity index (χ3v) is 8.18. The second-order valence-electron chi connectivity index (χ2n) is 5.98. The van der Waals surface area contributed by atoms with Gasteiger partial charge < -0.3 is 10.1 Å². The number of carbonyl (C=O) groups is 2. The van der Waals surface area contributed by atoms with E-state index in [4.69, 9.17) is 16.3 Å². The molecule has 0 bridgehead atoms. The van der Waals surface area contributed by atoms with E-state index in [1.165, 1.54) is 45.8 Å². The summed E-state index contributed by atoms with van der Waals surface area (Å²) in [6.45, 7) is 2.03. The van der Waals surface area contributed by atoms with E-state index in [-0.39, 0.29) is 18.3 Å². The van der Waals surface area contributed by atoms with Gasteiger partial charge in [0, 0.05) is 20.8 Å². The molecule has 3 heterocycles. The average Bonchev–Trinajstić information content (AvgIpc) is 3.45. The maximum Gasteiger partial charge on any atom is 0.341 e. The molecule has 0 radical (unpaired) electrons. The normalized spacial score (nSPS) is 11.0. The molecule has 4 rings (SSSR count). The van der Waals surface area contributed by atoms with Gasteiger partial charge in [-0.05, 0) is 36.6 Å². The molecular formula is C20H15ClN2O3S4. The highest BCUT2D eigenvalue weighted by molar-refractivity contribution is 8.01. The van der Waals surface area contributed by atoms with Gasteiger partial charge in [0.15, 0.2) is 4.34 Å². The number of ether oxygens (including phenoxy) is 1. The number of anilines is 1. The van der Waals surface area contributed by atoms with Crippen LogP contribution in [0.25, 0.3) is 20.7 Å². The number of thioether (sulfide) groups is 1. The van der Waals surface area contributed by atoms with Gasteiger partial charge in [0.05, 0.1) is 22.6 Å². The van der Waals surface area contributed by atoms with Crippen molar-refractivity contribution in [2.24, 2.45) is 0 Å². The number of thiazole rings is 1. The number of carbonyl (C=O) groups excluding carboxylic acids is 2. The summed E-state index contributed by atoms with van der Waals surface area (Å²) >= 11 is 11.7. The highest BCUT2D eigenvalue weighted by atomic mass is 35.5. The van der Waals surface area contributed by atoms with E-state index in [1.807, 2.05) is 35.0 Å². The van der Waals surface area contributed by atoms with Crippen molar-refractivity contribution in [3.63, 3.8) is 0 Å². The predicted octanol–water partition coefficient (Wildman–Crippen LogP) is 6.65. The Morgan fingerprint density at radius 3 is 2.90 bits per heavy atom. The fourth-order valence-electron chi connectivity index (χ4n) is 2.70. The summed E-state index contributed by atoms with van der Waals surface area (Å²) in [5.74, 6) is -0.460. The number of thiophene rings is 2. The van der Waals surface area contributed by atoms with Crippen molar-refractivity contribution in [3.8, 4) is 10.4 Å². The molecule has 0 atom stereocenters. The minimum atomic E-state index is -0.437. The van der Waals surface area contributed by atoms with Gasteiger partial charge in [-0.25, -0.2) is 9.78 Å². The van der Waals surface area contributed by atoms with Gasteiger partial charge in [0.25, 0.3) is 0 Å². The molecule has 1 N–H and O–H groups in total. The van der Waals surface area contributed by atoms with Crippen molar-refractivity contribution in [2.75, 3.05) is 17.7 Å². The minimum absolute atomic E-state index is 0.183. The maximum atomic E-state index is 12.6. The average molecular weight is 495 g/mol. The van der Waals surface area contributed by atoms with Crippen LogP contribution in [-0.4, -0.2) is 29.2 Å². The van der Waals surface area contributed by atoms with E-state index in [1.54, 1.807) is 13.0 Å². The summed E-state index contributed by atoms with van der Waals surface area (Å²) in [6.07, 6.45) is 0. The summed E-state index contributed by atoms with van der Waals surface area (Å²) in [7, 11) is 0. The van der Waals surface area contributed by atoms with Crippen LogP contribution in [0, 0.1) is 0 Å². The second kappa shape index (κ2) is 9.49. The lowest BCUT2D eigenvalue weighted by Crippen LogP contribution is -2.16. The zero-order valence-corrected chi connectivity index (χ0v) is 19.7. The Hall–Kier alpha value is -1.91. The van der Waals surface area contributed by atoms with Crippen LogP contribution >= 0.6 is 57.4 Å². The lowest BCUT2D eigenvalue weighted by atomic mass is 10.1. The number of nitrogens with zero attached hydrogens (tertiary/aromatic N) is 1. The van der Waals surface area contributed by atoms with E-state index in [0.717, 1.165) is 25.0 Å². The van der Waals surface area contributed by atoms with Crippen molar-refractivity contribution in [3.05, 3.63) is 51.7 Å². The summed E-state index contributed by atoms with van der Waals surface area (Å²) in [5.41, 5.74) is 2.00. The standard InChI is InChI=1S/C20H15ClN2O3S4/c1-2-26-19(25)17-12(14-4-3-7-27-14)9-28-18(17)23-16(24)10-29-20-22-13-8-11(21)5-6-15(13)30-20/h3-9H,2,10H2,1H3,(H,23,24). The summed E-state index contributed by atoms with van der Waals surface area (Å²) in [4.78, 5) is 30.6. The number of benzene rings is 1. The predicted molar refractivity (Wildman–Crippen MR) is 128 cm³/mol. The quantitative estimate of drug-likeness (QED) is 0.230. The molecule has 1 amide bonds. The van der Waals surface area contributed by atoms with Gasteiger partial charge in [-0.2, -0.15) is 0 Å². The number of esters is 1. The van der Waals surface area contributed by atoms with Gasteiger partial charge in [-0.15, -0.1) is 34.0 Å². The number of amides is 1. The first-order chi connectivity index (χ1) is 14.5. The monoisotopic (exact) mass is 494 g/mol. The first-order valence-corrected chi connectivity index (χ1v) is 12.8. The summed E-state index contributed by atoms with van der Waals surface area (Å²) < 4.78 is 7.03. The molecule has 0 unspecified atom stereocenters. The van der Waals surface area contributed by atoms with Gasteiger partial charge in [0.2, 0.25) is 5.91 Å². The molecule has 10 heteroatoms. The Bertz CT molecular complexity index is 1200. The van der Waals surface area contributed by atoms with Crippen molar-refractivity contribution < 1.29 is 14.3 Å². The molecule has 0 saturated carbocycles. The highest BCUT2D eigenvalue weighted by Gasteiger charge is 2.23. The molecular weight excluding hydrogens is 480 g/mol. The van der Waals surface area contributed by atoms with Crippen LogP contribution < -0.4 is 5.32 Å². The van der Waals surface area contributed by atoms with Crippen molar-refractivity contribution in [1.82, 2.24) is 4.98 Å². The molecule has 1 aromatic carbocycles. The fourth-order valence-corrected chi connectivity index (χ4v) is 6.50. The Balaban J connectivity index is 1.48. The smallest absolute Gasteiger partial charge is 0.341 e. The molecule has 0 aliphatic rings. The molecule has 3 aromatic heterocycles. The van der Waals surface area contributed by atoms with E-state index in [9.17, 15) is 9.59 Å². The van der Waals surface area contributed by atoms with E-state index >= 15 is 0 Å². The van der Waals surface area contributed by atoms with E-state index in [2.05, 4.69) is 10.3 Å². The third-order valence-electron chi connectivity index (χ3n) is 3.97. The number of halogens is 1. The number of hydrogen-bond donors (Lipinski definition) is 1. The number of aromatic nitrogens is 1. The Morgan fingerprint density at radius 1 is 1.27 bits per heavy atom. The molecule has 0 aliphatic carbocycles. The largest absolute Gasteiger partial charge is 0.462 e. The van der Waals surface area contributed by atoms with Crippen LogP contribution in [0.3, 0.4) is 0 Å². The molecule has 0 fully saturated rings. The summed E-state index contributed by atoms with van der Waals surface area (Å²) in [6, 6.07) is 9.41. The van der Waals surface area contributed by atoms with Crippen LogP contribution in [0.1, 0.15) is 17.3 Å². The Labute approximate surface area is 194 Å². The van der Waals surface area contributed by atoms with Crippen molar-refractivity contribution >= 4 is 84.5 Å². The van der Waals surface area contributed by atoms with E-state index in [0.29, 0.717) is 15.6 Å². The van der Waals surface area contributed by atoms with Crippen LogP contribution in [-0.2, 0) is 9.53 Å². The molecule has 154 valence electrons. The van der Waals surface area contributed by atoms with Gasteiger partial charge in [-0.1, -0.05) is 29.4 Å². The number of hydrogen-bond acceptors (Lipinski definition) is 8. The summed E-state index contributed by atoms with van der Waals surface area (Å²) in [5, 5.41) is 7.81. The molecule has 4 aromatic rings. The van der Waals surface area contributed by atoms with Crippen molar-refractivity contribution in [1.29, 1.82) is 0 Å². The van der Waals surface area contributed by atoms with Crippen LogP contribution in [0.4, 0.5) is 5.00 Å². The Morgan fingerprint density at radius 2 is 2.13 bits per heavy atom. The van der Waals surface area contributed by atoms with Gasteiger partial charge in [0.1, 0.15) is 10.6 Å². The molecule has 0 spiro atoms. The van der Waals surface area contributed by atoms with Gasteiger partial charge >= 0.3 is 5.97 Å². The number of nitrogens with one attached hydrogen (secondary N) is 1. The molecule has 30 heavy (non-hydrogen) atoms. The second-order valence-corrected chi connectivity index (χ2v) is 10.5. The fraction of sp³-hybridized carbons (Fsp3) is 0.150. The van der Waals surface area contributed by atoms with Crippen LogP contribution in [0.15, 0.2) is 45.4 Å².